The summed E-state index contributed by atoms with van der Waals surface area (Å²) in [5.74, 6) is 4.00. The van der Waals surface area contributed by atoms with Crippen molar-refractivity contribution >= 4 is 0 Å². The molecule has 1 aliphatic carbocycles. The van der Waals surface area contributed by atoms with Gasteiger partial charge in [-0.1, -0.05) is 85.5 Å². The Morgan fingerprint density at radius 3 is 2.00 bits per heavy atom. The van der Waals surface area contributed by atoms with Gasteiger partial charge in [0.15, 0.2) is 0 Å². The van der Waals surface area contributed by atoms with Gasteiger partial charge in [0.2, 0.25) is 0 Å². The molecule has 3 unspecified atom stereocenters. The Kier molecular flexibility index (Phi) is 7.23. The van der Waals surface area contributed by atoms with Gasteiger partial charge in [-0.15, -0.1) is 0 Å². The molecule has 0 aromatic rings. The summed E-state index contributed by atoms with van der Waals surface area (Å²) in [4.78, 5) is 0. The third-order valence-electron chi connectivity index (χ3n) is 4.80. The van der Waals surface area contributed by atoms with E-state index in [0.717, 1.165) is 23.7 Å². The molecular formula is C17H34. The predicted octanol–water partition coefficient (Wildman–Crippen LogP) is 6.06. The van der Waals surface area contributed by atoms with Crippen LogP contribution in [0.15, 0.2) is 0 Å². The molecule has 0 heterocycles. The SMILES string of the molecule is CCCC(C)C(CCC)C(C)CCCC1CC1. The minimum atomic E-state index is 0.941. The van der Waals surface area contributed by atoms with Gasteiger partial charge in [0.05, 0.1) is 0 Å². The molecule has 0 saturated heterocycles. The van der Waals surface area contributed by atoms with E-state index in [9.17, 15) is 0 Å². The summed E-state index contributed by atoms with van der Waals surface area (Å²) in [5, 5.41) is 0. The Balaban J connectivity index is 2.26. The van der Waals surface area contributed by atoms with E-state index in [0.29, 0.717) is 0 Å². The van der Waals surface area contributed by atoms with E-state index in [2.05, 4.69) is 27.7 Å². The summed E-state index contributed by atoms with van der Waals surface area (Å²) < 4.78 is 0. The number of hydrogen-bond donors (Lipinski definition) is 0. The Labute approximate surface area is 110 Å². The Hall–Kier alpha value is 0. The lowest BCUT2D eigenvalue weighted by Crippen LogP contribution is -2.20. The van der Waals surface area contributed by atoms with Crippen LogP contribution in [0.5, 0.6) is 0 Å². The Morgan fingerprint density at radius 2 is 1.47 bits per heavy atom. The van der Waals surface area contributed by atoms with Gasteiger partial charge in [-0.3, -0.25) is 0 Å². The van der Waals surface area contributed by atoms with Crippen LogP contribution in [0.4, 0.5) is 0 Å². The van der Waals surface area contributed by atoms with Gasteiger partial charge in [-0.05, 0) is 23.7 Å². The molecule has 0 amide bonds. The van der Waals surface area contributed by atoms with E-state index in [-0.39, 0.29) is 0 Å². The average Bonchev–Trinajstić information content (AvgIpc) is 3.10. The van der Waals surface area contributed by atoms with Crippen molar-refractivity contribution in [1.29, 1.82) is 0 Å². The lowest BCUT2D eigenvalue weighted by molar-refractivity contribution is 0.211. The van der Waals surface area contributed by atoms with Crippen molar-refractivity contribution in [2.45, 2.75) is 85.5 Å². The first-order chi connectivity index (χ1) is 8.19. The molecule has 1 fully saturated rings. The van der Waals surface area contributed by atoms with Gasteiger partial charge in [0.25, 0.3) is 0 Å². The molecule has 0 aromatic heterocycles. The van der Waals surface area contributed by atoms with E-state index in [4.69, 9.17) is 0 Å². The summed E-state index contributed by atoms with van der Waals surface area (Å²) in [7, 11) is 0. The highest BCUT2D eigenvalue weighted by Crippen LogP contribution is 2.36. The molecule has 0 bridgehead atoms. The predicted molar refractivity (Wildman–Crippen MR) is 78.2 cm³/mol. The summed E-state index contributed by atoms with van der Waals surface area (Å²) in [5.41, 5.74) is 0. The zero-order valence-electron chi connectivity index (χ0n) is 12.7. The van der Waals surface area contributed by atoms with Crippen molar-refractivity contribution in [2.75, 3.05) is 0 Å². The molecule has 0 nitrogen and oxygen atoms in total. The number of rotatable bonds is 10. The highest BCUT2D eigenvalue weighted by molar-refractivity contribution is 4.76. The molecule has 0 N–H and O–H groups in total. The van der Waals surface area contributed by atoms with Gasteiger partial charge in [-0.25, -0.2) is 0 Å². The minimum Gasteiger partial charge on any atom is -0.0654 e. The first-order valence-corrected chi connectivity index (χ1v) is 8.19. The molecule has 1 rings (SSSR count). The molecule has 0 aliphatic heterocycles. The first kappa shape index (κ1) is 15.1. The topological polar surface area (TPSA) is 0 Å². The van der Waals surface area contributed by atoms with Crippen molar-refractivity contribution in [2.24, 2.45) is 23.7 Å². The van der Waals surface area contributed by atoms with E-state index < -0.39 is 0 Å². The van der Waals surface area contributed by atoms with Crippen molar-refractivity contribution in [1.82, 2.24) is 0 Å². The fraction of sp³-hybridized carbons (Fsp3) is 1.00. The summed E-state index contributed by atoms with van der Waals surface area (Å²) in [6.45, 7) is 9.68. The zero-order chi connectivity index (χ0) is 12.7. The van der Waals surface area contributed by atoms with Gasteiger partial charge in [0, 0.05) is 0 Å². The van der Waals surface area contributed by atoms with Crippen LogP contribution in [-0.2, 0) is 0 Å². The van der Waals surface area contributed by atoms with Crippen LogP contribution in [0.3, 0.4) is 0 Å². The van der Waals surface area contributed by atoms with E-state index in [1.165, 1.54) is 57.8 Å². The van der Waals surface area contributed by atoms with Gasteiger partial charge in [0.1, 0.15) is 0 Å². The maximum absolute atomic E-state index is 2.51. The molecule has 0 aromatic carbocycles. The first-order valence-electron chi connectivity index (χ1n) is 8.19. The summed E-state index contributed by atoms with van der Waals surface area (Å²) in [6.07, 6.45) is 13.1. The second-order valence-corrected chi connectivity index (χ2v) is 6.57. The van der Waals surface area contributed by atoms with Crippen LogP contribution < -0.4 is 0 Å². The second kappa shape index (κ2) is 8.16. The molecule has 0 radical (unpaired) electrons. The van der Waals surface area contributed by atoms with E-state index in [1.807, 2.05) is 0 Å². The normalized spacial score (nSPS) is 21.2. The quantitative estimate of drug-likeness (QED) is 0.434. The largest absolute Gasteiger partial charge is 0.0654 e. The molecule has 0 heteroatoms. The third-order valence-corrected chi connectivity index (χ3v) is 4.80. The van der Waals surface area contributed by atoms with Crippen LogP contribution >= 0.6 is 0 Å². The molecule has 3 atom stereocenters. The van der Waals surface area contributed by atoms with E-state index >= 15 is 0 Å². The van der Waals surface area contributed by atoms with Crippen molar-refractivity contribution in [3.05, 3.63) is 0 Å². The standard InChI is InChI=1S/C17H34/c1-5-8-14(3)17(9-6-2)15(4)10-7-11-16-12-13-16/h14-17H,5-13H2,1-4H3. The fourth-order valence-electron chi connectivity index (χ4n) is 3.48. The molecule has 17 heavy (non-hydrogen) atoms. The molecule has 0 spiro atoms. The van der Waals surface area contributed by atoms with Crippen LogP contribution in [0.1, 0.15) is 85.5 Å². The summed E-state index contributed by atoms with van der Waals surface area (Å²) in [6, 6.07) is 0. The molecule has 1 aliphatic rings. The van der Waals surface area contributed by atoms with Crippen LogP contribution in [0, 0.1) is 23.7 Å². The lowest BCUT2D eigenvalue weighted by Gasteiger charge is -2.29. The van der Waals surface area contributed by atoms with Crippen molar-refractivity contribution in [3.63, 3.8) is 0 Å². The number of hydrogen-bond acceptors (Lipinski definition) is 0. The fourth-order valence-corrected chi connectivity index (χ4v) is 3.48. The van der Waals surface area contributed by atoms with Crippen LogP contribution in [0.2, 0.25) is 0 Å². The highest BCUT2D eigenvalue weighted by atomic mass is 14.3. The van der Waals surface area contributed by atoms with Crippen LogP contribution in [-0.4, -0.2) is 0 Å². The highest BCUT2D eigenvalue weighted by Gasteiger charge is 2.24. The molecule has 102 valence electrons. The van der Waals surface area contributed by atoms with Gasteiger partial charge < -0.3 is 0 Å². The van der Waals surface area contributed by atoms with Gasteiger partial charge in [-0.2, -0.15) is 0 Å². The second-order valence-electron chi connectivity index (χ2n) is 6.57. The van der Waals surface area contributed by atoms with Crippen LogP contribution in [0.25, 0.3) is 0 Å². The summed E-state index contributed by atoms with van der Waals surface area (Å²) >= 11 is 0. The lowest BCUT2D eigenvalue weighted by atomic mass is 9.76. The Bertz CT molecular complexity index is 180. The van der Waals surface area contributed by atoms with Crippen molar-refractivity contribution in [3.8, 4) is 0 Å². The Morgan fingerprint density at radius 1 is 0.882 bits per heavy atom. The minimum absolute atomic E-state index is 0.941. The monoisotopic (exact) mass is 238 g/mol. The molecular weight excluding hydrogens is 204 g/mol. The zero-order valence-corrected chi connectivity index (χ0v) is 12.7. The maximum Gasteiger partial charge on any atom is -0.0363 e. The maximum atomic E-state index is 2.51. The average molecular weight is 238 g/mol. The third kappa shape index (κ3) is 5.93. The van der Waals surface area contributed by atoms with E-state index in [1.54, 1.807) is 0 Å². The van der Waals surface area contributed by atoms with Gasteiger partial charge >= 0.3 is 0 Å². The smallest absolute Gasteiger partial charge is 0.0363 e. The molecule has 1 saturated carbocycles. The van der Waals surface area contributed by atoms with Crippen molar-refractivity contribution < 1.29 is 0 Å².